The molecule has 4 nitrogen and oxygen atoms in total. The second-order valence-corrected chi connectivity index (χ2v) is 4.79. The van der Waals surface area contributed by atoms with Crippen molar-refractivity contribution < 1.29 is 0 Å². The summed E-state index contributed by atoms with van der Waals surface area (Å²) in [4.78, 5) is 10.7. The number of piperidine rings is 1. The topological polar surface area (TPSA) is 52.3 Å². The predicted molar refractivity (Wildman–Crippen MR) is 82.6 cm³/mol. The molecule has 1 aromatic heterocycles. The molecule has 1 aliphatic heterocycles. The van der Waals surface area contributed by atoms with Gasteiger partial charge in [-0.1, -0.05) is 13.2 Å². The lowest BCUT2D eigenvalue weighted by atomic mass is 10.1. The highest BCUT2D eigenvalue weighted by Crippen LogP contribution is 2.19. The zero-order valence-corrected chi connectivity index (χ0v) is 11.5. The Bertz CT molecular complexity index is 557. The van der Waals surface area contributed by atoms with Crippen LogP contribution < -0.4 is 4.90 Å². The highest BCUT2D eigenvalue weighted by Gasteiger charge is 2.11. The largest absolute Gasteiger partial charge is 0.357 e. The summed E-state index contributed by atoms with van der Waals surface area (Å²) in [6.45, 7) is 9.57. The third-order valence-electron chi connectivity index (χ3n) is 3.30. The van der Waals surface area contributed by atoms with E-state index in [4.69, 9.17) is 5.26 Å². The van der Waals surface area contributed by atoms with E-state index in [1.807, 2.05) is 18.2 Å². The van der Waals surface area contributed by atoms with Crippen LogP contribution in [0.4, 0.5) is 5.82 Å². The van der Waals surface area contributed by atoms with Crippen molar-refractivity contribution >= 4 is 17.6 Å². The number of nitrogens with zero attached hydrogens (tertiary/aromatic N) is 4. The number of hydrogen-bond acceptors (Lipinski definition) is 4. The number of aliphatic imine (C=N–C) groups is 1. The summed E-state index contributed by atoms with van der Waals surface area (Å²) in [5, 5.41) is 8.59. The Labute approximate surface area is 119 Å². The summed E-state index contributed by atoms with van der Waals surface area (Å²) in [7, 11) is 0. The molecule has 0 N–H and O–H groups in total. The van der Waals surface area contributed by atoms with Gasteiger partial charge in [0.15, 0.2) is 0 Å². The zero-order valence-electron chi connectivity index (χ0n) is 11.5. The van der Waals surface area contributed by atoms with Crippen LogP contribution in [0.3, 0.4) is 0 Å². The second-order valence-electron chi connectivity index (χ2n) is 4.79. The molecule has 4 heteroatoms. The van der Waals surface area contributed by atoms with E-state index < -0.39 is 0 Å². The molecule has 0 unspecified atom stereocenters. The maximum atomic E-state index is 8.59. The first kappa shape index (κ1) is 14.0. The summed E-state index contributed by atoms with van der Waals surface area (Å²) in [6, 6.07) is 5.87. The Hall–Kier alpha value is -2.41. The molecular formula is C16H18N4. The lowest BCUT2D eigenvalue weighted by Gasteiger charge is -2.27. The summed E-state index contributed by atoms with van der Waals surface area (Å²) in [5.74, 6) is 1.01. The van der Waals surface area contributed by atoms with E-state index in [0.29, 0.717) is 0 Å². The van der Waals surface area contributed by atoms with Crippen molar-refractivity contribution in [2.45, 2.75) is 19.3 Å². The van der Waals surface area contributed by atoms with Crippen LogP contribution >= 0.6 is 0 Å². The molecular weight excluding hydrogens is 248 g/mol. The number of nitriles is 1. The zero-order chi connectivity index (χ0) is 14.4. The second kappa shape index (κ2) is 6.67. The first-order valence-electron chi connectivity index (χ1n) is 6.74. The van der Waals surface area contributed by atoms with Crippen LogP contribution in [0.25, 0.3) is 5.57 Å². The summed E-state index contributed by atoms with van der Waals surface area (Å²) in [6.07, 6.45) is 7.12. The average molecular weight is 266 g/mol. The Morgan fingerprint density at radius 3 is 2.65 bits per heavy atom. The Morgan fingerprint density at radius 1 is 1.30 bits per heavy atom. The summed E-state index contributed by atoms with van der Waals surface area (Å²) < 4.78 is 0. The van der Waals surface area contributed by atoms with E-state index in [1.54, 1.807) is 12.4 Å². The van der Waals surface area contributed by atoms with Crippen LogP contribution in [0, 0.1) is 11.3 Å². The fraction of sp³-hybridized carbons (Fsp3) is 0.312. The highest BCUT2D eigenvalue weighted by molar-refractivity contribution is 6.09. The first-order chi connectivity index (χ1) is 9.70. The van der Waals surface area contributed by atoms with Crippen LogP contribution in [0.5, 0.6) is 0 Å². The van der Waals surface area contributed by atoms with Crippen LogP contribution in [0.15, 0.2) is 42.2 Å². The van der Waals surface area contributed by atoms with Gasteiger partial charge in [-0.3, -0.25) is 0 Å². The van der Waals surface area contributed by atoms with Crippen molar-refractivity contribution in [1.82, 2.24) is 4.98 Å². The Morgan fingerprint density at radius 2 is 2.05 bits per heavy atom. The number of pyridine rings is 1. The van der Waals surface area contributed by atoms with Gasteiger partial charge < -0.3 is 4.90 Å². The fourth-order valence-electron chi connectivity index (χ4n) is 2.15. The van der Waals surface area contributed by atoms with Crippen LogP contribution in [-0.4, -0.2) is 24.3 Å². The highest BCUT2D eigenvalue weighted by atomic mass is 15.2. The molecule has 0 atom stereocenters. The normalized spacial score (nSPS) is 15.1. The maximum Gasteiger partial charge on any atom is 0.133 e. The molecule has 0 bridgehead atoms. The van der Waals surface area contributed by atoms with Crippen molar-refractivity contribution in [3.8, 4) is 6.07 Å². The van der Waals surface area contributed by atoms with Crippen LogP contribution in [0.1, 0.15) is 24.8 Å². The van der Waals surface area contributed by atoms with Gasteiger partial charge in [-0.25, -0.2) is 9.98 Å². The SMILES string of the molecule is C=C(C#N)/N=C/C(=C)c1ccc(N2CCCCC2)nc1. The number of hydrogen-bond donors (Lipinski definition) is 0. The molecule has 0 aliphatic carbocycles. The average Bonchev–Trinajstić information content (AvgIpc) is 2.53. The minimum atomic E-state index is 0.170. The quantitative estimate of drug-likeness (QED) is 0.621. The van der Waals surface area contributed by atoms with Gasteiger partial charge >= 0.3 is 0 Å². The van der Waals surface area contributed by atoms with E-state index in [2.05, 4.69) is 28.0 Å². The number of aromatic nitrogens is 1. The van der Waals surface area contributed by atoms with Gasteiger partial charge in [0.1, 0.15) is 17.6 Å². The van der Waals surface area contributed by atoms with Crippen molar-refractivity contribution in [1.29, 1.82) is 5.26 Å². The van der Waals surface area contributed by atoms with E-state index >= 15 is 0 Å². The maximum absolute atomic E-state index is 8.59. The van der Waals surface area contributed by atoms with Gasteiger partial charge in [0.25, 0.3) is 0 Å². The van der Waals surface area contributed by atoms with Crippen molar-refractivity contribution in [3.63, 3.8) is 0 Å². The fourth-order valence-corrected chi connectivity index (χ4v) is 2.15. The molecule has 1 aromatic rings. The standard InChI is InChI=1S/C16H18N4/c1-13(11-18-14(2)10-17)15-6-7-16(19-12-15)20-8-4-3-5-9-20/h6-7,11-12H,1-5,8-9H2/b18-11+. The minimum Gasteiger partial charge on any atom is -0.357 e. The molecule has 0 spiro atoms. The molecule has 0 saturated carbocycles. The van der Waals surface area contributed by atoms with E-state index in [9.17, 15) is 0 Å². The van der Waals surface area contributed by atoms with Crippen LogP contribution in [0.2, 0.25) is 0 Å². The molecule has 0 radical (unpaired) electrons. The van der Waals surface area contributed by atoms with Crippen LogP contribution in [-0.2, 0) is 0 Å². The minimum absolute atomic E-state index is 0.170. The monoisotopic (exact) mass is 266 g/mol. The lowest BCUT2D eigenvalue weighted by molar-refractivity contribution is 0.573. The van der Waals surface area contributed by atoms with Gasteiger partial charge in [0.05, 0.1) is 0 Å². The third-order valence-corrected chi connectivity index (χ3v) is 3.30. The molecule has 1 fully saturated rings. The van der Waals surface area contributed by atoms with E-state index in [1.165, 1.54) is 19.3 Å². The first-order valence-corrected chi connectivity index (χ1v) is 6.74. The summed E-state index contributed by atoms with van der Waals surface area (Å²) >= 11 is 0. The molecule has 0 aromatic carbocycles. The molecule has 1 saturated heterocycles. The molecule has 20 heavy (non-hydrogen) atoms. The Balaban J connectivity index is 2.04. The summed E-state index contributed by atoms with van der Waals surface area (Å²) in [5.41, 5.74) is 1.79. The molecule has 2 rings (SSSR count). The lowest BCUT2D eigenvalue weighted by Crippen LogP contribution is -2.30. The molecule has 2 heterocycles. The van der Waals surface area contributed by atoms with Crippen molar-refractivity contribution in [2.24, 2.45) is 4.99 Å². The van der Waals surface area contributed by atoms with Gasteiger partial charge in [-0.2, -0.15) is 5.26 Å². The Kier molecular flexibility index (Phi) is 4.67. The van der Waals surface area contributed by atoms with E-state index in [0.717, 1.165) is 30.0 Å². The van der Waals surface area contributed by atoms with Gasteiger partial charge in [0, 0.05) is 31.1 Å². The van der Waals surface area contributed by atoms with Crippen molar-refractivity contribution in [3.05, 3.63) is 42.7 Å². The molecule has 0 amide bonds. The molecule has 102 valence electrons. The predicted octanol–water partition coefficient (Wildman–Crippen LogP) is 3.19. The van der Waals surface area contributed by atoms with E-state index in [-0.39, 0.29) is 5.70 Å². The van der Waals surface area contributed by atoms with Crippen molar-refractivity contribution in [2.75, 3.05) is 18.0 Å². The molecule has 1 aliphatic rings. The third kappa shape index (κ3) is 3.55. The number of anilines is 1. The van der Waals surface area contributed by atoms with Gasteiger partial charge in [-0.15, -0.1) is 0 Å². The van der Waals surface area contributed by atoms with Gasteiger partial charge in [0.2, 0.25) is 0 Å². The number of allylic oxidation sites excluding steroid dienone is 2. The smallest absolute Gasteiger partial charge is 0.133 e. The van der Waals surface area contributed by atoms with Gasteiger partial charge in [-0.05, 0) is 37.0 Å². The number of rotatable bonds is 4.